The predicted molar refractivity (Wildman–Crippen MR) is 221 cm³/mol. The average Bonchev–Trinajstić information content (AvgIpc) is 3.11. The molecule has 0 spiro atoms. The second kappa shape index (κ2) is 41.1. The van der Waals surface area contributed by atoms with Gasteiger partial charge in [-0.25, -0.2) is 4.57 Å². The minimum absolute atomic E-state index is 0. The molecule has 53 heavy (non-hydrogen) atoms. The predicted octanol–water partition coefficient (Wildman–Crippen LogP) is 11.5. The van der Waals surface area contributed by atoms with Gasteiger partial charge in [-0.2, -0.15) is 0 Å². The number of esters is 2. The molecule has 0 bridgehead atoms. The Morgan fingerprint density at radius 1 is 0.509 bits per heavy atom. The molecule has 0 amide bonds. The third kappa shape index (κ3) is 44.3. The first-order valence-corrected chi connectivity index (χ1v) is 21.1. The first-order valence-electron chi connectivity index (χ1n) is 19.5. The second-order valence-corrected chi connectivity index (χ2v) is 13.8. The number of carbonyl (C=O) groups excluding carboxylic acids is 2. The molecule has 0 aromatic heterocycles. The number of rotatable bonds is 34. The van der Waals surface area contributed by atoms with Gasteiger partial charge in [0.1, 0.15) is 6.61 Å². The standard InChI is InChI=1S/C43H69O8P.Na/c1-3-5-7-9-11-13-15-17-19-21-23-25-27-29-31-33-35-37-42(44)49-39-41(40-50-52(46,47)48)51-43(45)38-36-34-32-30-28-26-24-22-20-18-16-14-12-10-8-6-4-2;/h11-14,17-20,23-26,29-32,41H,3-10,15-16,21-22,27-28,33-40H2,1-2H3,(H2,46,47,48);/b13-11-,14-12-,19-17-,20-18-,25-23-,26-24-,31-29-,32-30-;/t41-;/m1./s1. The van der Waals surface area contributed by atoms with Crippen LogP contribution in [0.15, 0.2) is 97.2 Å². The number of ether oxygens (including phenoxy) is 2. The van der Waals surface area contributed by atoms with E-state index in [0.717, 1.165) is 44.9 Å². The van der Waals surface area contributed by atoms with E-state index in [1.54, 1.807) is 0 Å². The number of allylic oxidation sites excluding steroid dienone is 16. The summed E-state index contributed by atoms with van der Waals surface area (Å²) in [7, 11) is -4.79. The Bertz CT molecular complexity index is 1160. The first-order chi connectivity index (χ1) is 25.3. The van der Waals surface area contributed by atoms with E-state index in [1.807, 2.05) is 18.2 Å². The van der Waals surface area contributed by atoms with Crippen LogP contribution in [0.5, 0.6) is 0 Å². The van der Waals surface area contributed by atoms with Crippen molar-refractivity contribution in [3.63, 3.8) is 0 Å². The Kier molecular flexibility index (Phi) is 41.2. The van der Waals surface area contributed by atoms with Gasteiger partial charge in [-0.3, -0.25) is 14.1 Å². The summed E-state index contributed by atoms with van der Waals surface area (Å²) in [6.07, 6.45) is 51.4. The topological polar surface area (TPSA) is 119 Å². The Balaban J connectivity index is 0. The molecule has 2 N–H and O–H groups in total. The molecule has 10 heteroatoms. The van der Waals surface area contributed by atoms with Crippen LogP contribution >= 0.6 is 7.82 Å². The van der Waals surface area contributed by atoms with E-state index < -0.39 is 32.5 Å². The number of unbranched alkanes of at least 4 members (excludes halogenated alkanes) is 8. The largest absolute Gasteiger partial charge is 0.469 e. The van der Waals surface area contributed by atoms with Crippen LogP contribution in [0.1, 0.15) is 142 Å². The van der Waals surface area contributed by atoms with Gasteiger partial charge in [0.15, 0.2) is 6.10 Å². The van der Waals surface area contributed by atoms with Crippen molar-refractivity contribution in [1.29, 1.82) is 0 Å². The van der Waals surface area contributed by atoms with Gasteiger partial charge >= 0.3 is 19.8 Å². The van der Waals surface area contributed by atoms with Crippen molar-refractivity contribution < 1.29 is 37.9 Å². The SMILES string of the molecule is CCCCC/C=C\C/C=C\C/C=C\C/C=C\CCCC(=O)OC[C@H](COP(=O)(O)O)OC(=O)CCC/C=C\C/C=C\C/C=C\C/C=C\CCCCC.[Na]. The molecule has 0 aliphatic rings. The Morgan fingerprint density at radius 2 is 0.849 bits per heavy atom. The maximum atomic E-state index is 12.4. The van der Waals surface area contributed by atoms with Gasteiger partial charge in [0, 0.05) is 42.4 Å². The van der Waals surface area contributed by atoms with E-state index in [0.29, 0.717) is 25.7 Å². The van der Waals surface area contributed by atoms with Crippen LogP contribution in [0, 0.1) is 0 Å². The second-order valence-electron chi connectivity index (χ2n) is 12.5. The van der Waals surface area contributed by atoms with Crippen molar-refractivity contribution >= 4 is 49.3 Å². The molecule has 0 unspecified atom stereocenters. The van der Waals surface area contributed by atoms with Crippen LogP contribution < -0.4 is 0 Å². The van der Waals surface area contributed by atoms with Crippen molar-refractivity contribution in [3.05, 3.63) is 97.2 Å². The summed E-state index contributed by atoms with van der Waals surface area (Å²) in [6.45, 7) is 3.51. The molecular formula is C43H69NaO8P. The molecule has 0 aromatic carbocycles. The molecule has 0 fully saturated rings. The molecule has 0 heterocycles. The number of hydrogen-bond donors (Lipinski definition) is 2. The third-order valence-electron chi connectivity index (χ3n) is 7.58. The van der Waals surface area contributed by atoms with Gasteiger partial charge in [-0.05, 0) is 89.9 Å². The molecule has 0 saturated carbocycles. The first kappa shape index (κ1) is 53.1. The van der Waals surface area contributed by atoms with Gasteiger partial charge in [0.25, 0.3) is 0 Å². The summed E-state index contributed by atoms with van der Waals surface area (Å²) in [5.41, 5.74) is 0. The number of phosphoric acid groups is 1. The maximum Gasteiger partial charge on any atom is 0.469 e. The Labute approximate surface area is 344 Å². The molecule has 0 aliphatic carbocycles. The molecule has 0 aliphatic heterocycles. The van der Waals surface area contributed by atoms with Crippen LogP contribution in [0.25, 0.3) is 0 Å². The molecule has 1 atom stereocenters. The fraction of sp³-hybridized carbons (Fsp3) is 0.581. The van der Waals surface area contributed by atoms with E-state index in [4.69, 9.17) is 19.3 Å². The zero-order valence-corrected chi connectivity index (χ0v) is 36.1. The molecule has 8 nitrogen and oxygen atoms in total. The average molecular weight is 768 g/mol. The van der Waals surface area contributed by atoms with E-state index in [1.165, 1.54) is 44.9 Å². The van der Waals surface area contributed by atoms with E-state index in [-0.39, 0.29) is 49.0 Å². The summed E-state index contributed by atoms with van der Waals surface area (Å²) >= 11 is 0. The zero-order chi connectivity index (χ0) is 38.2. The monoisotopic (exact) mass is 767 g/mol. The Hall–Kier alpha value is -2.03. The van der Waals surface area contributed by atoms with Crippen LogP contribution in [0.4, 0.5) is 0 Å². The van der Waals surface area contributed by atoms with Crippen LogP contribution in [-0.4, -0.2) is 70.6 Å². The van der Waals surface area contributed by atoms with Gasteiger partial charge in [-0.1, -0.05) is 137 Å². The van der Waals surface area contributed by atoms with Gasteiger partial charge in [-0.15, -0.1) is 0 Å². The number of hydrogen-bond acceptors (Lipinski definition) is 6. The maximum absolute atomic E-state index is 12.4. The molecule has 1 radical (unpaired) electrons. The van der Waals surface area contributed by atoms with E-state index >= 15 is 0 Å². The van der Waals surface area contributed by atoms with Gasteiger partial charge < -0.3 is 19.3 Å². The van der Waals surface area contributed by atoms with Crippen LogP contribution in [0.2, 0.25) is 0 Å². The fourth-order valence-electron chi connectivity index (χ4n) is 4.65. The van der Waals surface area contributed by atoms with Crippen LogP contribution in [-0.2, 0) is 28.2 Å². The summed E-state index contributed by atoms with van der Waals surface area (Å²) in [5, 5.41) is 0. The van der Waals surface area contributed by atoms with Crippen molar-refractivity contribution in [3.8, 4) is 0 Å². The summed E-state index contributed by atoms with van der Waals surface area (Å²) < 4.78 is 26.2. The molecule has 0 rings (SSSR count). The van der Waals surface area contributed by atoms with Gasteiger partial charge in [0.2, 0.25) is 0 Å². The number of carbonyl (C=O) groups is 2. The fourth-order valence-corrected chi connectivity index (χ4v) is 5.01. The number of phosphoric ester groups is 1. The minimum atomic E-state index is -4.79. The summed E-state index contributed by atoms with van der Waals surface area (Å²) in [6, 6.07) is 0. The third-order valence-corrected chi connectivity index (χ3v) is 8.06. The van der Waals surface area contributed by atoms with Crippen molar-refractivity contribution in [2.75, 3.05) is 13.2 Å². The van der Waals surface area contributed by atoms with Crippen molar-refractivity contribution in [2.45, 2.75) is 148 Å². The summed E-state index contributed by atoms with van der Waals surface area (Å²) in [4.78, 5) is 42.7. The molecule has 0 saturated heterocycles. The Morgan fingerprint density at radius 3 is 1.21 bits per heavy atom. The quantitative estimate of drug-likeness (QED) is 0.0218. The van der Waals surface area contributed by atoms with Gasteiger partial charge in [0.05, 0.1) is 6.61 Å². The molecule has 295 valence electrons. The summed E-state index contributed by atoms with van der Waals surface area (Å²) in [5.74, 6) is -1.03. The minimum Gasteiger partial charge on any atom is -0.462 e. The van der Waals surface area contributed by atoms with Crippen LogP contribution in [0.3, 0.4) is 0 Å². The normalized spacial score (nSPS) is 13.3. The smallest absolute Gasteiger partial charge is 0.462 e. The van der Waals surface area contributed by atoms with E-state index in [9.17, 15) is 14.2 Å². The zero-order valence-electron chi connectivity index (χ0n) is 33.2. The van der Waals surface area contributed by atoms with Crippen molar-refractivity contribution in [2.24, 2.45) is 0 Å². The molecule has 0 aromatic rings. The van der Waals surface area contributed by atoms with Crippen molar-refractivity contribution in [1.82, 2.24) is 0 Å². The van der Waals surface area contributed by atoms with E-state index in [2.05, 4.69) is 97.4 Å². The molecular weight excluding hydrogens is 698 g/mol.